The third kappa shape index (κ3) is 3.32. The quantitative estimate of drug-likeness (QED) is 0.230. The molecule has 0 bridgehead atoms. The topological polar surface area (TPSA) is 40.8 Å². The fourth-order valence-corrected chi connectivity index (χ4v) is 5.83. The van der Waals surface area contributed by atoms with Gasteiger partial charge in [0.25, 0.3) is 0 Å². The predicted molar refractivity (Wildman–Crippen MR) is 154 cm³/mol. The molecule has 3 heterocycles. The van der Waals surface area contributed by atoms with Crippen molar-refractivity contribution in [3.63, 3.8) is 0 Å². The number of fused-ring (bicyclic) bond motifs is 5. The summed E-state index contributed by atoms with van der Waals surface area (Å²) < 4.78 is 25.3. The Balaban J connectivity index is 1.33. The van der Waals surface area contributed by atoms with Gasteiger partial charge in [0.1, 0.15) is 22.7 Å². The molecule has 5 heteroatoms. The van der Waals surface area contributed by atoms with Crippen LogP contribution in [0.15, 0.2) is 83.3 Å². The van der Waals surface area contributed by atoms with Crippen LogP contribution < -0.4 is 10.2 Å². The predicted octanol–water partition coefficient (Wildman–Crippen LogP) is 7.98. The Morgan fingerprint density at radius 3 is 2.16 bits per heavy atom. The van der Waals surface area contributed by atoms with Crippen LogP contribution in [0.4, 0.5) is 0 Å². The molecule has 0 aliphatic carbocycles. The molecular weight excluding hydrogens is 471 g/mol. The van der Waals surface area contributed by atoms with Crippen LogP contribution in [-0.4, -0.2) is 18.3 Å². The van der Waals surface area contributed by atoms with Gasteiger partial charge in [0.2, 0.25) is 0 Å². The van der Waals surface area contributed by atoms with Gasteiger partial charge in [0.15, 0.2) is 0 Å². The Hall–Kier alpha value is -3.54. The van der Waals surface area contributed by atoms with Crippen molar-refractivity contribution in [2.75, 3.05) is 0 Å². The van der Waals surface area contributed by atoms with Crippen LogP contribution in [0.25, 0.3) is 33.1 Å². The summed E-state index contributed by atoms with van der Waals surface area (Å²) >= 11 is 0. The Labute approximate surface area is 223 Å². The minimum atomic E-state index is -0.430. The Morgan fingerprint density at radius 2 is 1.37 bits per heavy atom. The standard InChI is InChI=1S/C33H31BO4/c1-31(2)24-11-7-8-12-26(24)35-29-18-20(14-17-25(29)31)22-10-9-13-27-30(22)23-16-15-21(19-28(23)36-27)34-37-32(3,4)33(5,6)38-34/h7-19H,1-6H3. The zero-order chi connectivity index (χ0) is 26.4. The molecule has 0 saturated carbocycles. The average molecular weight is 502 g/mol. The highest BCUT2D eigenvalue weighted by Crippen LogP contribution is 2.49. The summed E-state index contributed by atoms with van der Waals surface area (Å²) in [4.78, 5) is 0. The summed E-state index contributed by atoms with van der Waals surface area (Å²) in [6.45, 7) is 12.8. The fourth-order valence-electron chi connectivity index (χ4n) is 5.83. The molecule has 1 fully saturated rings. The highest BCUT2D eigenvalue weighted by molar-refractivity contribution is 6.62. The van der Waals surface area contributed by atoms with Crippen molar-refractivity contribution in [2.45, 2.75) is 58.2 Å². The highest BCUT2D eigenvalue weighted by Gasteiger charge is 2.51. The molecule has 0 radical (unpaired) electrons. The number of ether oxygens (including phenoxy) is 1. The molecule has 0 unspecified atom stereocenters. The minimum absolute atomic E-state index is 0.138. The normalized spacial score (nSPS) is 18.8. The first kappa shape index (κ1) is 23.6. The van der Waals surface area contributed by atoms with E-state index >= 15 is 0 Å². The molecule has 0 spiro atoms. The van der Waals surface area contributed by atoms with Crippen LogP contribution in [0.1, 0.15) is 52.7 Å². The second-order valence-electron chi connectivity index (χ2n) is 12.1. The second kappa shape index (κ2) is 7.75. The molecule has 1 saturated heterocycles. The lowest BCUT2D eigenvalue weighted by molar-refractivity contribution is 0.00578. The maximum absolute atomic E-state index is 6.41. The number of hydrogen-bond acceptors (Lipinski definition) is 4. The van der Waals surface area contributed by atoms with Crippen LogP contribution in [0, 0.1) is 0 Å². The van der Waals surface area contributed by atoms with Gasteiger partial charge < -0.3 is 18.5 Å². The minimum Gasteiger partial charge on any atom is -0.457 e. The van der Waals surface area contributed by atoms with Gasteiger partial charge in [-0.1, -0.05) is 68.4 Å². The van der Waals surface area contributed by atoms with Crippen LogP contribution in [0.3, 0.4) is 0 Å². The van der Waals surface area contributed by atoms with Crippen molar-refractivity contribution < 1.29 is 18.5 Å². The first-order valence-electron chi connectivity index (χ1n) is 13.3. The van der Waals surface area contributed by atoms with Gasteiger partial charge in [-0.3, -0.25) is 0 Å². The van der Waals surface area contributed by atoms with E-state index in [1.807, 2.05) is 12.1 Å². The number of hydrogen-bond donors (Lipinski definition) is 0. The van der Waals surface area contributed by atoms with Gasteiger partial charge in [-0.15, -0.1) is 0 Å². The Bertz CT molecular complexity index is 1730. The van der Waals surface area contributed by atoms with E-state index in [0.717, 1.165) is 50.0 Å². The molecule has 2 aliphatic heterocycles. The smallest absolute Gasteiger partial charge is 0.457 e. The van der Waals surface area contributed by atoms with Gasteiger partial charge in [0.05, 0.1) is 11.2 Å². The van der Waals surface area contributed by atoms with E-state index in [-0.39, 0.29) is 5.41 Å². The lowest BCUT2D eigenvalue weighted by Crippen LogP contribution is -2.41. The van der Waals surface area contributed by atoms with Crippen molar-refractivity contribution in [3.05, 3.63) is 90.0 Å². The maximum Gasteiger partial charge on any atom is 0.494 e. The van der Waals surface area contributed by atoms with Gasteiger partial charge >= 0.3 is 7.12 Å². The van der Waals surface area contributed by atoms with Crippen molar-refractivity contribution in [1.82, 2.24) is 0 Å². The van der Waals surface area contributed by atoms with E-state index in [1.54, 1.807) is 0 Å². The number of para-hydroxylation sites is 1. The van der Waals surface area contributed by atoms with Crippen LogP contribution >= 0.6 is 0 Å². The van der Waals surface area contributed by atoms with E-state index in [4.69, 9.17) is 18.5 Å². The molecule has 0 amide bonds. The van der Waals surface area contributed by atoms with Crippen molar-refractivity contribution in [3.8, 4) is 22.6 Å². The Morgan fingerprint density at radius 1 is 0.632 bits per heavy atom. The molecule has 4 aromatic carbocycles. The van der Waals surface area contributed by atoms with Gasteiger partial charge in [-0.25, -0.2) is 0 Å². The van der Waals surface area contributed by atoms with E-state index in [9.17, 15) is 0 Å². The lowest BCUT2D eigenvalue weighted by Gasteiger charge is -2.34. The summed E-state index contributed by atoms with van der Waals surface area (Å²) in [5.74, 6) is 1.82. The maximum atomic E-state index is 6.41. The third-order valence-corrected chi connectivity index (χ3v) is 8.79. The van der Waals surface area contributed by atoms with Crippen LogP contribution in [0.5, 0.6) is 11.5 Å². The molecule has 1 aromatic heterocycles. The summed E-state index contributed by atoms with van der Waals surface area (Å²) in [7, 11) is -0.430. The van der Waals surface area contributed by atoms with Crippen LogP contribution in [-0.2, 0) is 14.7 Å². The third-order valence-electron chi connectivity index (χ3n) is 8.79. The number of rotatable bonds is 2. The summed E-state index contributed by atoms with van der Waals surface area (Å²) in [5.41, 5.74) is 6.33. The molecule has 7 rings (SSSR count). The van der Waals surface area contributed by atoms with Gasteiger partial charge in [0, 0.05) is 27.3 Å². The van der Waals surface area contributed by atoms with Crippen molar-refractivity contribution in [1.29, 1.82) is 0 Å². The lowest BCUT2D eigenvalue weighted by atomic mass is 9.75. The number of furan rings is 1. The van der Waals surface area contributed by atoms with Crippen LogP contribution in [0.2, 0.25) is 0 Å². The molecular formula is C33H31BO4. The van der Waals surface area contributed by atoms with Crippen molar-refractivity contribution >= 4 is 34.5 Å². The van der Waals surface area contributed by atoms with Crippen molar-refractivity contribution in [2.24, 2.45) is 0 Å². The monoisotopic (exact) mass is 502 g/mol. The van der Waals surface area contributed by atoms with Gasteiger partial charge in [-0.05, 0) is 68.6 Å². The highest BCUT2D eigenvalue weighted by atomic mass is 16.7. The van der Waals surface area contributed by atoms with E-state index in [2.05, 4.69) is 108 Å². The molecule has 0 atom stereocenters. The average Bonchev–Trinajstić information content (AvgIpc) is 3.36. The second-order valence-corrected chi connectivity index (χ2v) is 12.1. The van der Waals surface area contributed by atoms with E-state index in [1.165, 1.54) is 11.1 Å². The summed E-state index contributed by atoms with van der Waals surface area (Å²) in [6.07, 6.45) is 0. The molecule has 4 nitrogen and oxygen atoms in total. The zero-order valence-corrected chi connectivity index (χ0v) is 22.7. The summed E-state index contributed by atoms with van der Waals surface area (Å²) in [5, 5.41) is 2.17. The molecule has 2 aliphatic rings. The first-order valence-corrected chi connectivity index (χ1v) is 13.3. The zero-order valence-electron chi connectivity index (χ0n) is 22.7. The van der Waals surface area contributed by atoms with Gasteiger partial charge in [-0.2, -0.15) is 0 Å². The molecule has 38 heavy (non-hydrogen) atoms. The molecule has 5 aromatic rings. The SMILES string of the molecule is CC1(C)c2ccccc2Oc2cc(-c3cccc4oc5cc(B6OC(C)(C)C(C)(C)O6)ccc5c34)ccc21. The number of benzene rings is 4. The summed E-state index contributed by atoms with van der Waals surface area (Å²) in [6, 6.07) is 27.4. The molecule has 190 valence electrons. The Kier molecular flexibility index (Phi) is 4.81. The van der Waals surface area contributed by atoms with E-state index < -0.39 is 18.3 Å². The van der Waals surface area contributed by atoms with E-state index in [0.29, 0.717) is 0 Å². The largest absolute Gasteiger partial charge is 0.494 e. The molecule has 0 N–H and O–H groups in total. The fraction of sp³-hybridized carbons (Fsp3) is 0.273. The first-order chi connectivity index (χ1) is 18.0.